The molecule has 2 aromatic rings. The molecule has 1 atom stereocenters. The van der Waals surface area contributed by atoms with Gasteiger partial charge >= 0.3 is 0 Å². The van der Waals surface area contributed by atoms with Gasteiger partial charge < -0.3 is 0 Å². The molecule has 1 aromatic heterocycles. The monoisotopic (exact) mass is 312 g/mol. The van der Waals surface area contributed by atoms with E-state index in [9.17, 15) is 22.0 Å². The van der Waals surface area contributed by atoms with Crippen molar-refractivity contribution in [1.82, 2.24) is 0 Å². The van der Waals surface area contributed by atoms with Crippen molar-refractivity contribution in [3.05, 3.63) is 57.0 Å². The molecule has 0 saturated heterocycles. The van der Waals surface area contributed by atoms with Gasteiger partial charge in [0, 0.05) is 5.56 Å². The van der Waals surface area contributed by atoms with Crippen molar-refractivity contribution < 1.29 is 22.0 Å². The van der Waals surface area contributed by atoms with Crippen LogP contribution in [0.3, 0.4) is 0 Å². The van der Waals surface area contributed by atoms with Crippen molar-refractivity contribution in [1.29, 1.82) is 0 Å². The Kier molecular flexibility index (Phi) is 4.10. The topological polar surface area (TPSA) is 0 Å². The van der Waals surface area contributed by atoms with Gasteiger partial charge in [0.2, 0.25) is 5.82 Å². The molecule has 102 valence electrons. The standard InChI is InChI=1S/C12H6ClF5S/c13-6(3-5-1-2-19-4-5)7-8(14)10(16)12(18)11(17)9(7)15/h1-2,4,6H,3H2. The van der Waals surface area contributed by atoms with Crippen molar-refractivity contribution in [2.45, 2.75) is 11.8 Å². The predicted molar refractivity (Wildman–Crippen MR) is 62.8 cm³/mol. The average Bonchev–Trinajstić information content (AvgIpc) is 2.87. The number of alkyl halides is 1. The highest BCUT2D eigenvalue weighted by Gasteiger charge is 2.29. The lowest BCUT2D eigenvalue weighted by Gasteiger charge is -2.13. The minimum absolute atomic E-state index is 0.0244. The summed E-state index contributed by atoms with van der Waals surface area (Å²) in [4.78, 5) is 0. The number of thiophene rings is 1. The minimum Gasteiger partial charge on any atom is -0.203 e. The summed E-state index contributed by atoms with van der Waals surface area (Å²) < 4.78 is 65.9. The smallest absolute Gasteiger partial charge is 0.200 e. The molecule has 0 bridgehead atoms. The summed E-state index contributed by atoms with van der Waals surface area (Å²) in [7, 11) is 0. The maximum absolute atomic E-state index is 13.5. The van der Waals surface area contributed by atoms with Crippen LogP contribution in [-0.2, 0) is 6.42 Å². The second kappa shape index (κ2) is 5.46. The van der Waals surface area contributed by atoms with Crippen LogP contribution >= 0.6 is 22.9 Å². The Morgan fingerprint density at radius 3 is 1.95 bits per heavy atom. The van der Waals surface area contributed by atoms with Gasteiger partial charge in [0.15, 0.2) is 23.3 Å². The fourth-order valence-electron chi connectivity index (χ4n) is 1.61. The molecule has 1 unspecified atom stereocenters. The minimum atomic E-state index is -2.18. The Hall–Kier alpha value is -1.14. The maximum atomic E-state index is 13.5. The van der Waals surface area contributed by atoms with Crippen molar-refractivity contribution in [3.63, 3.8) is 0 Å². The van der Waals surface area contributed by atoms with Gasteiger partial charge in [-0.15, -0.1) is 11.6 Å². The first-order chi connectivity index (χ1) is 8.93. The Morgan fingerprint density at radius 1 is 0.947 bits per heavy atom. The molecule has 0 spiro atoms. The largest absolute Gasteiger partial charge is 0.203 e. The summed E-state index contributed by atoms with van der Waals surface area (Å²) in [6.07, 6.45) is -0.0244. The summed E-state index contributed by atoms with van der Waals surface area (Å²) >= 11 is 7.11. The molecule has 0 amide bonds. The molecule has 0 saturated carbocycles. The Bertz CT molecular complexity index is 568. The molecule has 19 heavy (non-hydrogen) atoms. The van der Waals surface area contributed by atoms with Crippen LogP contribution in [0.5, 0.6) is 0 Å². The van der Waals surface area contributed by atoms with Crippen LogP contribution in [0.4, 0.5) is 22.0 Å². The van der Waals surface area contributed by atoms with Crippen LogP contribution in [0.25, 0.3) is 0 Å². The lowest BCUT2D eigenvalue weighted by atomic mass is 10.0. The number of rotatable bonds is 3. The molecule has 2 rings (SSSR count). The van der Waals surface area contributed by atoms with Crippen molar-refractivity contribution >= 4 is 22.9 Å². The van der Waals surface area contributed by atoms with E-state index in [1.165, 1.54) is 11.3 Å². The first-order valence-corrected chi connectivity index (χ1v) is 6.47. The number of halogens is 6. The fraction of sp³-hybridized carbons (Fsp3) is 0.167. The second-order valence-electron chi connectivity index (χ2n) is 3.79. The predicted octanol–water partition coefficient (Wildman–Crippen LogP) is 4.97. The zero-order chi connectivity index (χ0) is 14.2. The van der Waals surface area contributed by atoms with E-state index in [0.717, 1.165) is 0 Å². The van der Waals surface area contributed by atoms with E-state index in [0.29, 0.717) is 5.56 Å². The van der Waals surface area contributed by atoms with E-state index < -0.39 is 40.0 Å². The second-order valence-corrected chi connectivity index (χ2v) is 5.09. The highest BCUT2D eigenvalue weighted by Crippen LogP contribution is 2.33. The molecule has 1 heterocycles. The summed E-state index contributed by atoms with van der Waals surface area (Å²) in [5.74, 6) is -9.91. The van der Waals surface area contributed by atoms with E-state index in [4.69, 9.17) is 11.6 Å². The lowest BCUT2D eigenvalue weighted by molar-refractivity contribution is 0.369. The van der Waals surface area contributed by atoms with E-state index in [1.807, 2.05) is 0 Å². The van der Waals surface area contributed by atoms with Gasteiger partial charge in [-0.25, -0.2) is 22.0 Å². The molecule has 0 nitrogen and oxygen atoms in total. The number of benzene rings is 1. The number of hydrogen-bond donors (Lipinski definition) is 0. The molecular weight excluding hydrogens is 307 g/mol. The van der Waals surface area contributed by atoms with Crippen LogP contribution in [0, 0.1) is 29.1 Å². The Labute approximate surface area is 114 Å². The van der Waals surface area contributed by atoms with Gasteiger partial charge in [-0.1, -0.05) is 0 Å². The van der Waals surface area contributed by atoms with Gasteiger partial charge in [-0.05, 0) is 28.8 Å². The summed E-state index contributed by atoms with van der Waals surface area (Å²) in [6.45, 7) is 0. The third-order valence-electron chi connectivity index (χ3n) is 2.55. The third kappa shape index (κ3) is 2.60. The van der Waals surface area contributed by atoms with E-state index in [-0.39, 0.29) is 6.42 Å². The normalized spacial score (nSPS) is 12.7. The van der Waals surface area contributed by atoms with Gasteiger partial charge in [-0.3, -0.25) is 0 Å². The van der Waals surface area contributed by atoms with Crippen LogP contribution < -0.4 is 0 Å². The van der Waals surface area contributed by atoms with Crippen LogP contribution in [0.1, 0.15) is 16.5 Å². The van der Waals surface area contributed by atoms with Gasteiger partial charge in [0.05, 0.1) is 5.38 Å². The van der Waals surface area contributed by atoms with Gasteiger partial charge in [0.25, 0.3) is 0 Å². The Morgan fingerprint density at radius 2 is 1.47 bits per heavy atom. The maximum Gasteiger partial charge on any atom is 0.200 e. The van der Waals surface area contributed by atoms with Crippen LogP contribution in [0.2, 0.25) is 0 Å². The fourth-order valence-corrected chi connectivity index (χ4v) is 2.67. The molecule has 0 aliphatic carbocycles. The van der Waals surface area contributed by atoms with Gasteiger partial charge in [0.1, 0.15) is 0 Å². The first kappa shape index (κ1) is 14.3. The summed E-state index contributed by atoms with van der Waals surface area (Å²) in [6, 6.07) is 1.66. The summed E-state index contributed by atoms with van der Waals surface area (Å²) in [5, 5.41) is 2.07. The molecule has 0 fully saturated rings. The lowest BCUT2D eigenvalue weighted by Crippen LogP contribution is -2.10. The first-order valence-electron chi connectivity index (χ1n) is 5.10. The van der Waals surface area contributed by atoms with E-state index in [1.54, 1.807) is 16.8 Å². The molecule has 0 N–H and O–H groups in total. The van der Waals surface area contributed by atoms with Crippen LogP contribution in [0.15, 0.2) is 16.8 Å². The molecule has 0 aliphatic heterocycles. The Balaban J connectivity index is 2.44. The molecular formula is C12H6ClF5S. The van der Waals surface area contributed by atoms with E-state index >= 15 is 0 Å². The van der Waals surface area contributed by atoms with Crippen LogP contribution in [-0.4, -0.2) is 0 Å². The SMILES string of the molecule is Fc1c(F)c(F)c(C(Cl)Cc2ccsc2)c(F)c1F. The zero-order valence-corrected chi connectivity index (χ0v) is 10.8. The van der Waals surface area contributed by atoms with E-state index in [2.05, 4.69) is 0 Å². The molecule has 0 radical (unpaired) electrons. The average molecular weight is 313 g/mol. The number of hydrogen-bond acceptors (Lipinski definition) is 1. The third-order valence-corrected chi connectivity index (χ3v) is 3.66. The zero-order valence-electron chi connectivity index (χ0n) is 9.19. The highest BCUT2D eigenvalue weighted by atomic mass is 35.5. The molecule has 0 aliphatic rings. The van der Waals surface area contributed by atoms with Crippen molar-refractivity contribution in [2.75, 3.05) is 0 Å². The summed E-state index contributed by atoms with van der Waals surface area (Å²) in [5.41, 5.74) is -0.335. The van der Waals surface area contributed by atoms with Gasteiger partial charge in [-0.2, -0.15) is 11.3 Å². The highest BCUT2D eigenvalue weighted by molar-refractivity contribution is 7.07. The quantitative estimate of drug-likeness (QED) is 0.325. The molecule has 1 aromatic carbocycles. The van der Waals surface area contributed by atoms with Crippen molar-refractivity contribution in [3.8, 4) is 0 Å². The molecule has 7 heteroatoms. The van der Waals surface area contributed by atoms with Crippen molar-refractivity contribution in [2.24, 2.45) is 0 Å².